The van der Waals surface area contributed by atoms with Gasteiger partial charge < -0.3 is 15.0 Å². The van der Waals surface area contributed by atoms with Gasteiger partial charge in [0.25, 0.3) is 0 Å². The van der Waals surface area contributed by atoms with E-state index in [1.807, 2.05) is 0 Å². The van der Waals surface area contributed by atoms with Crippen molar-refractivity contribution in [2.75, 3.05) is 31.1 Å². The van der Waals surface area contributed by atoms with Gasteiger partial charge in [-0.2, -0.15) is 0 Å². The monoisotopic (exact) mass is 350 g/mol. The van der Waals surface area contributed by atoms with Crippen LogP contribution in [0, 0.1) is 6.92 Å². The number of aryl methyl sites for hydroxylation is 1. The van der Waals surface area contributed by atoms with E-state index in [-0.39, 0.29) is 0 Å². The number of anilines is 1. The molecule has 0 amide bonds. The van der Waals surface area contributed by atoms with Crippen molar-refractivity contribution >= 4 is 5.69 Å². The van der Waals surface area contributed by atoms with Gasteiger partial charge in [0.05, 0.1) is 6.10 Å². The zero-order chi connectivity index (χ0) is 17.8. The number of nitrogens with zero attached hydrogens (tertiary/aromatic N) is 1. The topological polar surface area (TPSA) is 24.5 Å². The second kappa shape index (κ2) is 8.24. The molecule has 26 heavy (non-hydrogen) atoms. The van der Waals surface area contributed by atoms with Gasteiger partial charge in [-0.1, -0.05) is 36.4 Å². The van der Waals surface area contributed by atoms with E-state index in [0.717, 1.165) is 26.2 Å². The van der Waals surface area contributed by atoms with Crippen LogP contribution in [0.25, 0.3) is 11.1 Å². The summed E-state index contributed by atoms with van der Waals surface area (Å²) in [6.45, 7) is 6.41. The third kappa shape index (κ3) is 4.11. The maximum Gasteiger partial charge on any atom is 0.0700 e. The molecule has 2 heterocycles. The van der Waals surface area contributed by atoms with Gasteiger partial charge >= 0.3 is 0 Å². The molecule has 2 aromatic carbocycles. The summed E-state index contributed by atoms with van der Waals surface area (Å²) in [4.78, 5) is 2.53. The maximum atomic E-state index is 5.73. The van der Waals surface area contributed by atoms with E-state index in [0.29, 0.717) is 12.1 Å². The van der Waals surface area contributed by atoms with Gasteiger partial charge in [0.1, 0.15) is 0 Å². The lowest BCUT2D eigenvalue weighted by molar-refractivity contribution is 0.106. The molecule has 138 valence electrons. The third-order valence-electron chi connectivity index (χ3n) is 5.82. The minimum Gasteiger partial charge on any atom is -0.377 e. The molecule has 0 saturated carbocycles. The summed E-state index contributed by atoms with van der Waals surface area (Å²) in [6, 6.07) is 18.3. The molecule has 2 aliphatic rings. The van der Waals surface area contributed by atoms with E-state index in [9.17, 15) is 0 Å². The average molecular weight is 351 g/mol. The first-order valence-electron chi connectivity index (χ1n) is 10.1. The summed E-state index contributed by atoms with van der Waals surface area (Å²) in [7, 11) is 0. The zero-order valence-corrected chi connectivity index (χ0v) is 15.8. The Kier molecular flexibility index (Phi) is 5.57. The number of hydrogen-bond acceptors (Lipinski definition) is 3. The molecule has 0 aliphatic carbocycles. The Morgan fingerprint density at radius 2 is 1.88 bits per heavy atom. The number of ether oxygens (including phenoxy) is 1. The molecule has 0 radical (unpaired) electrons. The van der Waals surface area contributed by atoms with Crippen molar-refractivity contribution < 1.29 is 4.74 Å². The van der Waals surface area contributed by atoms with E-state index in [2.05, 4.69) is 65.7 Å². The van der Waals surface area contributed by atoms with E-state index in [4.69, 9.17) is 4.74 Å². The summed E-state index contributed by atoms with van der Waals surface area (Å²) >= 11 is 0. The average Bonchev–Trinajstić information content (AvgIpc) is 3.21. The molecule has 2 aliphatic heterocycles. The molecule has 1 atom stereocenters. The summed E-state index contributed by atoms with van der Waals surface area (Å²) < 4.78 is 5.73. The molecule has 1 N–H and O–H groups in total. The van der Waals surface area contributed by atoms with Gasteiger partial charge in [-0.05, 0) is 61.4 Å². The SMILES string of the molecule is Cc1ccccc1-c1cccc(N2CCC(NC[C@H]3CCCO3)CC2)c1. The first-order valence-corrected chi connectivity index (χ1v) is 10.1. The molecule has 0 aromatic heterocycles. The number of rotatable bonds is 5. The van der Waals surface area contributed by atoms with Crippen LogP contribution in [-0.2, 0) is 4.74 Å². The first kappa shape index (κ1) is 17.6. The molecular weight excluding hydrogens is 320 g/mol. The number of hydrogen-bond donors (Lipinski definition) is 1. The van der Waals surface area contributed by atoms with Crippen LogP contribution in [0.3, 0.4) is 0 Å². The van der Waals surface area contributed by atoms with Crippen molar-refractivity contribution in [3.05, 3.63) is 54.1 Å². The van der Waals surface area contributed by atoms with Gasteiger partial charge in [0.2, 0.25) is 0 Å². The molecule has 4 rings (SSSR count). The van der Waals surface area contributed by atoms with Crippen LogP contribution in [0.15, 0.2) is 48.5 Å². The maximum absolute atomic E-state index is 5.73. The zero-order valence-electron chi connectivity index (χ0n) is 15.8. The Hall–Kier alpha value is -1.84. The molecule has 0 unspecified atom stereocenters. The highest BCUT2D eigenvalue weighted by Gasteiger charge is 2.22. The predicted octanol–water partition coefficient (Wildman–Crippen LogP) is 4.40. The van der Waals surface area contributed by atoms with Crippen LogP contribution in [0.4, 0.5) is 5.69 Å². The molecule has 2 aromatic rings. The highest BCUT2D eigenvalue weighted by atomic mass is 16.5. The Morgan fingerprint density at radius 3 is 2.65 bits per heavy atom. The lowest BCUT2D eigenvalue weighted by Gasteiger charge is -2.34. The Balaban J connectivity index is 1.35. The fraction of sp³-hybridized carbons (Fsp3) is 0.478. The van der Waals surface area contributed by atoms with Crippen LogP contribution in [0.1, 0.15) is 31.2 Å². The second-order valence-corrected chi connectivity index (χ2v) is 7.67. The fourth-order valence-electron chi connectivity index (χ4n) is 4.21. The van der Waals surface area contributed by atoms with E-state index < -0.39 is 0 Å². The van der Waals surface area contributed by atoms with Crippen molar-refractivity contribution in [1.29, 1.82) is 0 Å². The Labute approximate surface area is 157 Å². The Bertz CT molecular complexity index is 716. The third-order valence-corrected chi connectivity index (χ3v) is 5.82. The first-order chi connectivity index (χ1) is 12.8. The molecule has 0 bridgehead atoms. The van der Waals surface area contributed by atoms with Crippen molar-refractivity contribution in [3.63, 3.8) is 0 Å². The second-order valence-electron chi connectivity index (χ2n) is 7.67. The molecular formula is C23H30N2O. The lowest BCUT2D eigenvalue weighted by atomic mass is 9.99. The van der Waals surface area contributed by atoms with Crippen LogP contribution in [0.2, 0.25) is 0 Å². The minimum atomic E-state index is 0.443. The highest BCUT2D eigenvalue weighted by Crippen LogP contribution is 2.28. The normalized spacial score (nSPS) is 21.3. The van der Waals surface area contributed by atoms with E-state index in [1.165, 1.54) is 48.1 Å². The lowest BCUT2D eigenvalue weighted by Crippen LogP contribution is -2.44. The number of piperidine rings is 1. The van der Waals surface area contributed by atoms with Crippen LogP contribution in [0.5, 0.6) is 0 Å². The van der Waals surface area contributed by atoms with Crippen LogP contribution >= 0.6 is 0 Å². The smallest absolute Gasteiger partial charge is 0.0700 e. The van der Waals surface area contributed by atoms with E-state index in [1.54, 1.807) is 0 Å². The summed E-state index contributed by atoms with van der Waals surface area (Å²) in [5.74, 6) is 0. The standard InChI is InChI=1S/C23H30N2O/c1-18-6-2-3-10-23(18)19-7-4-8-21(16-19)25-13-11-20(12-14-25)24-17-22-9-5-15-26-22/h2-4,6-8,10,16,20,22,24H,5,9,11-15,17H2,1H3/t22-/m1/s1. The van der Waals surface area contributed by atoms with Gasteiger partial charge in [0.15, 0.2) is 0 Å². The fourth-order valence-corrected chi connectivity index (χ4v) is 4.21. The van der Waals surface area contributed by atoms with Crippen molar-refractivity contribution in [3.8, 4) is 11.1 Å². The van der Waals surface area contributed by atoms with Gasteiger partial charge in [0, 0.05) is 38.0 Å². The Morgan fingerprint density at radius 1 is 1.04 bits per heavy atom. The molecule has 3 heteroatoms. The van der Waals surface area contributed by atoms with E-state index >= 15 is 0 Å². The van der Waals surface area contributed by atoms with Crippen molar-refractivity contribution in [2.45, 2.75) is 44.8 Å². The molecule has 2 saturated heterocycles. The molecule has 2 fully saturated rings. The summed E-state index contributed by atoms with van der Waals surface area (Å²) in [5.41, 5.74) is 5.34. The van der Waals surface area contributed by atoms with Gasteiger partial charge in [-0.3, -0.25) is 0 Å². The quantitative estimate of drug-likeness (QED) is 0.865. The summed E-state index contributed by atoms with van der Waals surface area (Å²) in [5, 5.41) is 3.73. The minimum absolute atomic E-state index is 0.443. The van der Waals surface area contributed by atoms with Crippen LogP contribution < -0.4 is 10.2 Å². The van der Waals surface area contributed by atoms with Gasteiger partial charge in [-0.25, -0.2) is 0 Å². The largest absolute Gasteiger partial charge is 0.377 e. The molecule has 0 spiro atoms. The van der Waals surface area contributed by atoms with Gasteiger partial charge in [-0.15, -0.1) is 0 Å². The predicted molar refractivity (Wildman–Crippen MR) is 109 cm³/mol. The highest BCUT2D eigenvalue weighted by molar-refractivity contribution is 5.71. The van der Waals surface area contributed by atoms with Crippen LogP contribution in [-0.4, -0.2) is 38.4 Å². The molecule has 3 nitrogen and oxygen atoms in total. The number of nitrogens with one attached hydrogen (secondary N) is 1. The summed E-state index contributed by atoms with van der Waals surface area (Å²) in [6.07, 6.45) is 5.31. The van der Waals surface area contributed by atoms with Crippen molar-refractivity contribution in [2.24, 2.45) is 0 Å². The number of benzene rings is 2. The van der Waals surface area contributed by atoms with Crippen molar-refractivity contribution in [1.82, 2.24) is 5.32 Å².